The van der Waals surface area contributed by atoms with E-state index in [1.165, 1.54) is 45.1 Å². The van der Waals surface area contributed by atoms with E-state index in [9.17, 15) is 0 Å². The van der Waals surface area contributed by atoms with Gasteiger partial charge in [-0.1, -0.05) is 33.1 Å². The molecule has 0 aromatic rings. The van der Waals surface area contributed by atoms with Crippen LogP contribution in [0.5, 0.6) is 0 Å². The van der Waals surface area contributed by atoms with Crippen molar-refractivity contribution < 1.29 is 0 Å². The Hall–Kier alpha value is -0.0400. The van der Waals surface area contributed by atoms with Gasteiger partial charge in [-0.15, -0.1) is 0 Å². The average molecular weight is 183 g/mol. The molecule has 0 heterocycles. The van der Waals surface area contributed by atoms with Gasteiger partial charge in [-0.2, -0.15) is 0 Å². The van der Waals surface area contributed by atoms with Gasteiger partial charge in [0.05, 0.1) is 0 Å². The van der Waals surface area contributed by atoms with Crippen LogP contribution in [0.4, 0.5) is 0 Å². The molecule has 2 atom stereocenters. The van der Waals surface area contributed by atoms with Gasteiger partial charge in [0.15, 0.2) is 0 Å². The first-order valence-electron chi connectivity index (χ1n) is 5.99. The molecule has 2 unspecified atom stereocenters. The first-order chi connectivity index (χ1) is 6.29. The van der Waals surface area contributed by atoms with Crippen molar-refractivity contribution in [3.05, 3.63) is 0 Å². The van der Waals surface area contributed by atoms with E-state index in [0.717, 1.165) is 12.0 Å². The fourth-order valence-corrected chi connectivity index (χ4v) is 2.12. The van der Waals surface area contributed by atoms with Crippen molar-refractivity contribution in [3.8, 4) is 0 Å². The summed E-state index contributed by atoms with van der Waals surface area (Å²) in [5, 5.41) is 0. The summed E-state index contributed by atoms with van der Waals surface area (Å²) in [5.74, 6) is 1.04. The Kier molecular flexibility index (Phi) is 4.79. The minimum atomic E-state index is 0.943. The third kappa shape index (κ3) is 3.68. The van der Waals surface area contributed by atoms with Gasteiger partial charge in [0.1, 0.15) is 0 Å². The minimum absolute atomic E-state index is 0.943. The smallest absolute Gasteiger partial charge is 0.0124 e. The Balaban J connectivity index is 2.03. The predicted molar refractivity (Wildman–Crippen MR) is 59.0 cm³/mol. The highest BCUT2D eigenvalue weighted by Crippen LogP contribution is 2.38. The highest BCUT2D eigenvalue weighted by atomic mass is 15.2. The lowest BCUT2D eigenvalue weighted by molar-refractivity contribution is 0.300. The molecular weight excluding hydrogens is 158 g/mol. The van der Waals surface area contributed by atoms with E-state index < -0.39 is 0 Å². The number of rotatable bonds is 7. The van der Waals surface area contributed by atoms with Crippen LogP contribution in [-0.2, 0) is 0 Å². The fourth-order valence-electron chi connectivity index (χ4n) is 2.12. The van der Waals surface area contributed by atoms with E-state index in [4.69, 9.17) is 0 Å². The molecule has 0 bridgehead atoms. The molecule has 0 aliphatic heterocycles. The fraction of sp³-hybridized carbons (Fsp3) is 1.00. The van der Waals surface area contributed by atoms with Crippen LogP contribution in [0.15, 0.2) is 0 Å². The summed E-state index contributed by atoms with van der Waals surface area (Å²) in [7, 11) is 2.30. The number of hydrogen-bond acceptors (Lipinski definition) is 1. The largest absolute Gasteiger partial charge is 0.303 e. The van der Waals surface area contributed by atoms with Gasteiger partial charge in [0.2, 0.25) is 0 Å². The molecule has 13 heavy (non-hydrogen) atoms. The minimum Gasteiger partial charge on any atom is -0.303 e. The van der Waals surface area contributed by atoms with Crippen molar-refractivity contribution in [2.45, 2.75) is 58.4 Å². The van der Waals surface area contributed by atoms with Crippen molar-refractivity contribution in [2.24, 2.45) is 5.92 Å². The van der Waals surface area contributed by atoms with Crippen LogP contribution < -0.4 is 0 Å². The number of hydrogen-bond donors (Lipinski definition) is 0. The maximum Gasteiger partial charge on any atom is 0.0124 e. The number of unbranched alkanes of at least 4 members (excludes halogenated alkanes) is 2. The average Bonchev–Trinajstić information content (AvgIpc) is 2.90. The van der Waals surface area contributed by atoms with Crippen molar-refractivity contribution in [2.75, 3.05) is 13.6 Å². The van der Waals surface area contributed by atoms with Crippen molar-refractivity contribution >= 4 is 0 Å². The summed E-state index contributed by atoms with van der Waals surface area (Å²) < 4.78 is 0. The second-order valence-electron chi connectivity index (χ2n) is 4.54. The summed E-state index contributed by atoms with van der Waals surface area (Å²) in [6, 6.07) is 0.943. The van der Waals surface area contributed by atoms with Gasteiger partial charge in [-0.3, -0.25) is 0 Å². The van der Waals surface area contributed by atoms with Crippen LogP contribution in [0, 0.1) is 5.92 Å². The molecule has 0 radical (unpaired) electrons. The van der Waals surface area contributed by atoms with E-state index >= 15 is 0 Å². The van der Waals surface area contributed by atoms with Crippen LogP contribution in [0.25, 0.3) is 0 Å². The lowest BCUT2D eigenvalue weighted by Gasteiger charge is -2.15. The quantitative estimate of drug-likeness (QED) is 0.585. The Labute approximate surface area is 83.5 Å². The maximum absolute atomic E-state index is 2.57. The van der Waals surface area contributed by atoms with Crippen LogP contribution >= 0.6 is 0 Å². The topological polar surface area (TPSA) is 3.24 Å². The van der Waals surface area contributed by atoms with Crippen LogP contribution in [0.3, 0.4) is 0 Å². The molecule has 0 amide bonds. The van der Waals surface area contributed by atoms with Gasteiger partial charge in [0, 0.05) is 6.04 Å². The standard InChI is InChI=1S/C12H25N/c1-4-6-8-11-10-12(11)13(3)9-7-5-2/h11-12H,4-10H2,1-3H3. The highest BCUT2D eigenvalue weighted by Gasteiger charge is 2.38. The van der Waals surface area contributed by atoms with E-state index in [0.29, 0.717) is 0 Å². The Morgan fingerprint density at radius 1 is 1.15 bits per heavy atom. The normalized spacial score (nSPS) is 26.8. The van der Waals surface area contributed by atoms with Crippen molar-refractivity contribution in [1.29, 1.82) is 0 Å². The third-order valence-electron chi connectivity index (χ3n) is 3.24. The van der Waals surface area contributed by atoms with Gasteiger partial charge in [-0.25, -0.2) is 0 Å². The molecule has 78 valence electrons. The zero-order valence-corrected chi connectivity index (χ0v) is 9.55. The Morgan fingerprint density at radius 3 is 2.46 bits per heavy atom. The van der Waals surface area contributed by atoms with Crippen LogP contribution in [0.2, 0.25) is 0 Å². The molecule has 1 rings (SSSR count). The van der Waals surface area contributed by atoms with E-state index in [1.807, 2.05) is 0 Å². The monoisotopic (exact) mass is 183 g/mol. The maximum atomic E-state index is 2.57. The second-order valence-corrected chi connectivity index (χ2v) is 4.54. The van der Waals surface area contributed by atoms with E-state index in [1.54, 1.807) is 0 Å². The first-order valence-corrected chi connectivity index (χ1v) is 5.99. The first kappa shape index (κ1) is 11.0. The molecule has 1 aliphatic rings. The van der Waals surface area contributed by atoms with E-state index in [-0.39, 0.29) is 0 Å². The van der Waals surface area contributed by atoms with Gasteiger partial charge >= 0.3 is 0 Å². The summed E-state index contributed by atoms with van der Waals surface area (Å²) in [6.07, 6.45) is 8.44. The van der Waals surface area contributed by atoms with Gasteiger partial charge in [-0.05, 0) is 38.8 Å². The van der Waals surface area contributed by atoms with E-state index in [2.05, 4.69) is 25.8 Å². The third-order valence-corrected chi connectivity index (χ3v) is 3.24. The SMILES string of the molecule is CCCCC1CC1N(C)CCCC. The molecule has 1 nitrogen and oxygen atoms in total. The zero-order valence-electron chi connectivity index (χ0n) is 9.55. The zero-order chi connectivity index (χ0) is 9.68. The molecule has 0 aromatic carbocycles. The Morgan fingerprint density at radius 2 is 1.85 bits per heavy atom. The molecule has 1 heteroatoms. The molecule has 0 saturated heterocycles. The molecular formula is C12H25N. The highest BCUT2D eigenvalue weighted by molar-refractivity contribution is 4.93. The summed E-state index contributed by atoms with van der Waals surface area (Å²) in [6.45, 7) is 5.87. The van der Waals surface area contributed by atoms with Crippen LogP contribution in [-0.4, -0.2) is 24.5 Å². The predicted octanol–water partition coefficient (Wildman–Crippen LogP) is 3.30. The second kappa shape index (κ2) is 5.64. The molecule has 1 saturated carbocycles. The summed E-state index contributed by atoms with van der Waals surface area (Å²) in [4.78, 5) is 2.57. The van der Waals surface area contributed by atoms with Crippen molar-refractivity contribution in [1.82, 2.24) is 4.90 Å². The molecule has 1 aliphatic carbocycles. The molecule has 0 N–H and O–H groups in total. The molecule has 0 spiro atoms. The van der Waals surface area contributed by atoms with Gasteiger partial charge in [0.25, 0.3) is 0 Å². The van der Waals surface area contributed by atoms with Crippen molar-refractivity contribution in [3.63, 3.8) is 0 Å². The molecule has 0 aromatic heterocycles. The molecule has 1 fully saturated rings. The number of nitrogens with zero attached hydrogens (tertiary/aromatic N) is 1. The summed E-state index contributed by atoms with van der Waals surface area (Å²) >= 11 is 0. The Bertz CT molecular complexity index is 133. The lowest BCUT2D eigenvalue weighted by Crippen LogP contribution is -2.23. The van der Waals surface area contributed by atoms with Crippen LogP contribution in [0.1, 0.15) is 52.4 Å². The lowest BCUT2D eigenvalue weighted by atomic mass is 10.2. The summed E-state index contributed by atoms with van der Waals surface area (Å²) in [5.41, 5.74) is 0. The van der Waals surface area contributed by atoms with Gasteiger partial charge < -0.3 is 4.90 Å².